The van der Waals surface area contributed by atoms with Crippen LogP contribution in [-0.2, 0) is 6.54 Å². The average Bonchev–Trinajstić information content (AvgIpc) is 2.61. The second-order valence-electron chi connectivity index (χ2n) is 6.65. The lowest BCUT2D eigenvalue weighted by atomic mass is 10.0. The molecule has 4 nitrogen and oxygen atoms in total. The van der Waals surface area contributed by atoms with Crippen LogP contribution in [0, 0.1) is 0 Å². The van der Waals surface area contributed by atoms with Gasteiger partial charge in [-0.05, 0) is 36.5 Å². The molecule has 134 valence electrons. The molecule has 0 aliphatic carbocycles. The third-order valence-corrected chi connectivity index (χ3v) is 4.36. The number of benzene rings is 2. The Morgan fingerprint density at radius 2 is 1.68 bits per heavy atom. The van der Waals surface area contributed by atoms with Crippen molar-refractivity contribution in [1.29, 1.82) is 0 Å². The lowest BCUT2D eigenvalue weighted by Crippen LogP contribution is -2.41. The fraction of sp³-hybridized carbons (Fsp3) is 0.381. The molecule has 1 unspecified atom stereocenters. The molecule has 2 amide bonds. The van der Waals surface area contributed by atoms with E-state index < -0.39 is 0 Å². The quantitative estimate of drug-likeness (QED) is 0.773. The Kier molecular flexibility index (Phi) is 7.02. The molecule has 25 heavy (non-hydrogen) atoms. The number of nitrogens with one attached hydrogen (secondary N) is 1. The summed E-state index contributed by atoms with van der Waals surface area (Å²) in [5.74, 6) is 0.328. The van der Waals surface area contributed by atoms with E-state index in [-0.39, 0.29) is 18.7 Å². The summed E-state index contributed by atoms with van der Waals surface area (Å²) < 4.78 is 0. The number of anilines is 1. The Bertz CT molecular complexity index is 671. The smallest absolute Gasteiger partial charge is 0.322 e. The molecule has 0 bridgehead atoms. The minimum atomic E-state index is -0.141. The molecule has 2 rings (SSSR count). The zero-order chi connectivity index (χ0) is 18.2. The second kappa shape index (κ2) is 9.23. The Labute approximate surface area is 150 Å². The van der Waals surface area contributed by atoms with Gasteiger partial charge in [-0.1, -0.05) is 62.4 Å². The Hall–Kier alpha value is -2.33. The van der Waals surface area contributed by atoms with Crippen molar-refractivity contribution in [3.05, 3.63) is 65.7 Å². The highest BCUT2D eigenvalue weighted by Crippen LogP contribution is 2.24. The van der Waals surface area contributed by atoms with Gasteiger partial charge in [-0.25, -0.2) is 4.79 Å². The molecule has 0 aliphatic heterocycles. The Morgan fingerprint density at radius 1 is 1.04 bits per heavy atom. The van der Waals surface area contributed by atoms with Crippen LogP contribution in [0.25, 0.3) is 0 Å². The normalized spacial score (nSPS) is 12.0. The number of rotatable bonds is 7. The van der Waals surface area contributed by atoms with Crippen LogP contribution in [0.4, 0.5) is 10.5 Å². The third-order valence-electron chi connectivity index (χ3n) is 4.36. The first kappa shape index (κ1) is 19.0. The maximum atomic E-state index is 12.9. The zero-order valence-electron chi connectivity index (χ0n) is 15.3. The summed E-state index contributed by atoms with van der Waals surface area (Å²) in [5, 5.41) is 12.3. The van der Waals surface area contributed by atoms with Crippen LogP contribution < -0.4 is 5.32 Å². The van der Waals surface area contributed by atoms with Crippen molar-refractivity contribution in [2.24, 2.45) is 0 Å². The molecule has 0 heterocycles. The van der Waals surface area contributed by atoms with Crippen molar-refractivity contribution in [1.82, 2.24) is 4.90 Å². The second-order valence-corrected chi connectivity index (χ2v) is 6.65. The van der Waals surface area contributed by atoms with Gasteiger partial charge >= 0.3 is 6.03 Å². The number of hydrogen-bond donors (Lipinski definition) is 2. The number of carbonyl (C=O) groups excluding carboxylic acids is 1. The van der Waals surface area contributed by atoms with Gasteiger partial charge in [-0.15, -0.1) is 0 Å². The van der Waals surface area contributed by atoms with Gasteiger partial charge in [0.05, 0.1) is 0 Å². The van der Waals surface area contributed by atoms with E-state index in [1.807, 2.05) is 61.5 Å². The number of hydrogen-bond acceptors (Lipinski definition) is 2. The first-order valence-electron chi connectivity index (χ1n) is 8.84. The van der Waals surface area contributed by atoms with Crippen molar-refractivity contribution >= 4 is 11.7 Å². The minimum Gasteiger partial charge on any atom is -0.396 e. The molecule has 2 aromatic rings. The van der Waals surface area contributed by atoms with Crippen LogP contribution in [0.5, 0.6) is 0 Å². The van der Waals surface area contributed by atoms with Crippen LogP contribution >= 0.6 is 0 Å². The van der Waals surface area contributed by atoms with Crippen LogP contribution in [0.2, 0.25) is 0 Å². The lowest BCUT2D eigenvalue weighted by Gasteiger charge is -2.30. The molecule has 0 saturated heterocycles. The van der Waals surface area contributed by atoms with E-state index >= 15 is 0 Å². The Morgan fingerprint density at radius 3 is 2.32 bits per heavy atom. The molecule has 1 atom stereocenters. The van der Waals surface area contributed by atoms with Crippen LogP contribution in [0.3, 0.4) is 0 Å². The number of carbonyl (C=O) groups is 1. The summed E-state index contributed by atoms with van der Waals surface area (Å²) in [6, 6.07) is 17.6. The van der Waals surface area contributed by atoms with Gasteiger partial charge in [0.25, 0.3) is 0 Å². The van der Waals surface area contributed by atoms with E-state index in [9.17, 15) is 9.90 Å². The molecule has 0 spiro atoms. The SMILES string of the molecule is CC(C)c1ccccc1NC(=O)N(Cc1ccccc1)C(C)CCO. The predicted molar refractivity (Wildman–Crippen MR) is 103 cm³/mol. The van der Waals surface area contributed by atoms with Crippen molar-refractivity contribution in [3.8, 4) is 0 Å². The molecule has 0 aliphatic rings. The maximum Gasteiger partial charge on any atom is 0.322 e. The highest BCUT2D eigenvalue weighted by atomic mass is 16.3. The van der Waals surface area contributed by atoms with Gasteiger partial charge in [0.2, 0.25) is 0 Å². The predicted octanol–water partition coefficient (Wildman–Crippen LogP) is 4.62. The molecule has 4 heteroatoms. The van der Waals surface area contributed by atoms with Gasteiger partial charge < -0.3 is 15.3 Å². The van der Waals surface area contributed by atoms with Gasteiger partial charge in [-0.3, -0.25) is 0 Å². The summed E-state index contributed by atoms with van der Waals surface area (Å²) in [6.07, 6.45) is 0.548. The molecular weight excluding hydrogens is 312 g/mol. The molecule has 0 fully saturated rings. The fourth-order valence-corrected chi connectivity index (χ4v) is 2.85. The van der Waals surface area contributed by atoms with E-state index in [2.05, 4.69) is 19.2 Å². The van der Waals surface area contributed by atoms with Crippen molar-refractivity contribution in [2.45, 2.75) is 45.7 Å². The van der Waals surface area contributed by atoms with E-state index in [1.54, 1.807) is 4.90 Å². The Balaban J connectivity index is 2.20. The standard InChI is InChI=1S/C21H28N2O2/c1-16(2)19-11-7-8-12-20(19)22-21(25)23(17(3)13-14-24)15-18-9-5-4-6-10-18/h4-12,16-17,24H,13-15H2,1-3H3,(H,22,25). The number of aliphatic hydroxyl groups is 1. The van der Waals surface area contributed by atoms with Gasteiger partial charge in [0.15, 0.2) is 0 Å². The van der Waals surface area contributed by atoms with Gasteiger partial charge in [0.1, 0.15) is 0 Å². The monoisotopic (exact) mass is 340 g/mol. The lowest BCUT2D eigenvalue weighted by molar-refractivity contribution is 0.169. The highest BCUT2D eigenvalue weighted by Gasteiger charge is 2.21. The number of aliphatic hydroxyl groups excluding tert-OH is 1. The number of amides is 2. The van der Waals surface area contributed by atoms with E-state index in [1.165, 1.54) is 0 Å². The molecule has 0 radical (unpaired) electrons. The van der Waals surface area contributed by atoms with Crippen LogP contribution in [-0.4, -0.2) is 28.7 Å². The summed E-state index contributed by atoms with van der Waals surface area (Å²) in [4.78, 5) is 14.7. The largest absolute Gasteiger partial charge is 0.396 e. The summed E-state index contributed by atoms with van der Waals surface area (Å²) in [5.41, 5.74) is 3.03. The van der Waals surface area contributed by atoms with Gasteiger partial charge in [-0.2, -0.15) is 0 Å². The third kappa shape index (κ3) is 5.33. The van der Waals surface area contributed by atoms with E-state index in [0.29, 0.717) is 18.9 Å². The highest BCUT2D eigenvalue weighted by molar-refractivity contribution is 5.90. The van der Waals surface area contributed by atoms with E-state index in [4.69, 9.17) is 0 Å². The number of nitrogens with zero attached hydrogens (tertiary/aromatic N) is 1. The molecule has 0 saturated carbocycles. The molecular formula is C21H28N2O2. The van der Waals surface area contributed by atoms with Crippen LogP contribution in [0.1, 0.15) is 44.2 Å². The van der Waals surface area contributed by atoms with Crippen molar-refractivity contribution < 1.29 is 9.90 Å². The minimum absolute atomic E-state index is 0.0579. The number of urea groups is 1. The number of para-hydroxylation sites is 1. The van der Waals surface area contributed by atoms with Crippen molar-refractivity contribution in [2.75, 3.05) is 11.9 Å². The fourth-order valence-electron chi connectivity index (χ4n) is 2.85. The van der Waals surface area contributed by atoms with E-state index in [0.717, 1.165) is 16.8 Å². The maximum absolute atomic E-state index is 12.9. The van der Waals surface area contributed by atoms with Crippen LogP contribution in [0.15, 0.2) is 54.6 Å². The summed E-state index contributed by atoms with van der Waals surface area (Å²) in [6.45, 7) is 6.76. The first-order valence-corrected chi connectivity index (χ1v) is 8.84. The average molecular weight is 340 g/mol. The zero-order valence-corrected chi connectivity index (χ0v) is 15.3. The first-order chi connectivity index (χ1) is 12.0. The topological polar surface area (TPSA) is 52.6 Å². The van der Waals surface area contributed by atoms with Gasteiger partial charge in [0, 0.05) is 24.9 Å². The summed E-state index contributed by atoms with van der Waals surface area (Å²) >= 11 is 0. The molecule has 2 aromatic carbocycles. The summed E-state index contributed by atoms with van der Waals surface area (Å²) in [7, 11) is 0. The van der Waals surface area contributed by atoms with Crippen molar-refractivity contribution in [3.63, 3.8) is 0 Å². The molecule has 0 aromatic heterocycles. The molecule has 2 N–H and O–H groups in total.